The predicted octanol–water partition coefficient (Wildman–Crippen LogP) is 5.81. The molecular formula is C19H15ClN4S. The summed E-state index contributed by atoms with van der Waals surface area (Å²) in [4.78, 5) is 5.76. The van der Waals surface area contributed by atoms with Crippen molar-refractivity contribution in [3.05, 3.63) is 71.4 Å². The summed E-state index contributed by atoms with van der Waals surface area (Å²) in [6, 6.07) is 20.0. The highest BCUT2D eigenvalue weighted by atomic mass is 35.5. The summed E-state index contributed by atoms with van der Waals surface area (Å²) in [6.45, 7) is 1.96. The van der Waals surface area contributed by atoms with Crippen LogP contribution < -0.4 is 5.32 Å². The molecule has 0 fully saturated rings. The average Bonchev–Trinajstić information content (AvgIpc) is 3.02. The second-order valence-electron chi connectivity index (χ2n) is 5.63. The molecule has 0 aliphatic carbocycles. The standard InChI is InChI=1S/C19H15ClN4S/c1-12-10-18(24-23-12)21-17-11-13-6-2-3-7-14(13)19(22-17)25-16-9-5-4-8-15(16)20/h2-11H,1H3,(H2,21,22,23,24). The summed E-state index contributed by atoms with van der Waals surface area (Å²) in [6.07, 6.45) is 0. The van der Waals surface area contributed by atoms with Gasteiger partial charge in [0.25, 0.3) is 0 Å². The van der Waals surface area contributed by atoms with Crippen molar-refractivity contribution in [1.29, 1.82) is 0 Å². The number of rotatable bonds is 4. The first-order chi connectivity index (χ1) is 12.2. The fourth-order valence-corrected chi connectivity index (χ4v) is 3.77. The maximum absolute atomic E-state index is 6.32. The minimum atomic E-state index is 0.722. The summed E-state index contributed by atoms with van der Waals surface area (Å²) >= 11 is 7.88. The van der Waals surface area contributed by atoms with E-state index in [1.807, 2.05) is 55.5 Å². The van der Waals surface area contributed by atoms with Gasteiger partial charge in [-0.25, -0.2) is 4.98 Å². The monoisotopic (exact) mass is 366 g/mol. The van der Waals surface area contributed by atoms with Gasteiger partial charge in [-0.3, -0.25) is 5.10 Å². The van der Waals surface area contributed by atoms with E-state index in [0.717, 1.165) is 43.0 Å². The second kappa shape index (κ2) is 6.78. The lowest BCUT2D eigenvalue weighted by molar-refractivity contribution is 1.04. The Labute approximate surface area is 154 Å². The smallest absolute Gasteiger partial charge is 0.153 e. The number of H-pyrrole nitrogens is 1. The van der Waals surface area contributed by atoms with Crippen molar-refractivity contribution < 1.29 is 0 Å². The molecule has 6 heteroatoms. The van der Waals surface area contributed by atoms with Crippen molar-refractivity contribution in [3.63, 3.8) is 0 Å². The van der Waals surface area contributed by atoms with Gasteiger partial charge in [0, 0.05) is 22.0 Å². The van der Waals surface area contributed by atoms with E-state index in [-0.39, 0.29) is 0 Å². The van der Waals surface area contributed by atoms with Crippen LogP contribution in [0.25, 0.3) is 10.8 Å². The molecule has 0 aliphatic rings. The van der Waals surface area contributed by atoms with Gasteiger partial charge in [0.1, 0.15) is 10.8 Å². The first-order valence-electron chi connectivity index (χ1n) is 7.80. The molecule has 0 bridgehead atoms. The van der Waals surface area contributed by atoms with E-state index in [9.17, 15) is 0 Å². The molecule has 2 aromatic heterocycles. The Hall–Kier alpha value is -2.50. The third-order valence-corrected chi connectivity index (χ3v) is 5.23. The summed E-state index contributed by atoms with van der Waals surface area (Å²) in [5.41, 5.74) is 0.994. The Morgan fingerprint density at radius 2 is 1.80 bits per heavy atom. The van der Waals surface area contributed by atoms with E-state index in [1.54, 1.807) is 11.8 Å². The lowest BCUT2D eigenvalue weighted by atomic mass is 10.2. The molecule has 124 valence electrons. The van der Waals surface area contributed by atoms with Crippen molar-refractivity contribution in [2.45, 2.75) is 16.8 Å². The van der Waals surface area contributed by atoms with Crippen molar-refractivity contribution in [1.82, 2.24) is 15.2 Å². The van der Waals surface area contributed by atoms with Crippen LogP contribution in [0.1, 0.15) is 5.69 Å². The quantitative estimate of drug-likeness (QED) is 0.478. The van der Waals surface area contributed by atoms with Crippen LogP contribution >= 0.6 is 23.4 Å². The molecule has 2 N–H and O–H groups in total. The Morgan fingerprint density at radius 1 is 1.00 bits per heavy atom. The number of aryl methyl sites for hydroxylation is 1. The van der Waals surface area contributed by atoms with Crippen LogP contribution in [0.3, 0.4) is 0 Å². The molecule has 0 atom stereocenters. The number of aromatic amines is 1. The van der Waals surface area contributed by atoms with Gasteiger partial charge in [-0.05, 0) is 30.5 Å². The van der Waals surface area contributed by atoms with Crippen molar-refractivity contribution in [3.8, 4) is 0 Å². The molecule has 4 aromatic rings. The van der Waals surface area contributed by atoms with E-state index in [1.165, 1.54) is 0 Å². The average molecular weight is 367 g/mol. The Kier molecular flexibility index (Phi) is 4.34. The molecule has 0 saturated heterocycles. The minimum Gasteiger partial charge on any atom is -0.323 e. The highest BCUT2D eigenvalue weighted by molar-refractivity contribution is 7.99. The third kappa shape index (κ3) is 3.48. The second-order valence-corrected chi connectivity index (χ2v) is 7.07. The van der Waals surface area contributed by atoms with E-state index < -0.39 is 0 Å². The zero-order valence-corrected chi connectivity index (χ0v) is 15.0. The van der Waals surface area contributed by atoms with Gasteiger partial charge in [0.15, 0.2) is 5.82 Å². The number of anilines is 2. The Balaban J connectivity index is 1.77. The van der Waals surface area contributed by atoms with Gasteiger partial charge in [-0.1, -0.05) is 59.8 Å². The molecule has 0 radical (unpaired) electrons. The lowest BCUT2D eigenvalue weighted by Gasteiger charge is -2.10. The summed E-state index contributed by atoms with van der Waals surface area (Å²) < 4.78 is 0. The van der Waals surface area contributed by atoms with Crippen molar-refractivity contribution in [2.24, 2.45) is 0 Å². The fourth-order valence-electron chi connectivity index (χ4n) is 2.55. The zero-order valence-electron chi connectivity index (χ0n) is 13.5. The number of hydrogen-bond acceptors (Lipinski definition) is 4. The van der Waals surface area contributed by atoms with Crippen LogP contribution in [0.4, 0.5) is 11.6 Å². The first-order valence-corrected chi connectivity index (χ1v) is 9.00. The number of pyridine rings is 1. The van der Waals surface area contributed by atoms with Gasteiger partial charge in [0.05, 0.1) is 5.02 Å². The Morgan fingerprint density at radius 3 is 2.60 bits per heavy atom. The normalized spacial score (nSPS) is 11.0. The first kappa shape index (κ1) is 16.0. The highest BCUT2D eigenvalue weighted by Gasteiger charge is 2.10. The molecule has 2 aromatic carbocycles. The number of halogens is 1. The number of benzene rings is 2. The number of hydrogen-bond donors (Lipinski definition) is 2. The number of fused-ring (bicyclic) bond motifs is 1. The van der Waals surface area contributed by atoms with Gasteiger partial charge < -0.3 is 5.32 Å². The van der Waals surface area contributed by atoms with Gasteiger partial charge in [0.2, 0.25) is 0 Å². The fraction of sp³-hybridized carbons (Fsp3) is 0.0526. The molecule has 4 rings (SSSR count). The molecule has 0 aliphatic heterocycles. The van der Waals surface area contributed by atoms with Crippen molar-refractivity contribution >= 4 is 45.8 Å². The molecule has 4 nitrogen and oxygen atoms in total. The van der Waals surface area contributed by atoms with Crippen LogP contribution in [-0.4, -0.2) is 15.2 Å². The number of aromatic nitrogens is 3. The van der Waals surface area contributed by atoms with Crippen LogP contribution in [0.15, 0.2) is 70.6 Å². The molecule has 0 amide bonds. The molecular weight excluding hydrogens is 352 g/mol. The van der Waals surface area contributed by atoms with Crippen LogP contribution in [-0.2, 0) is 0 Å². The van der Waals surface area contributed by atoms with Crippen LogP contribution in [0.5, 0.6) is 0 Å². The van der Waals surface area contributed by atoms with Gasteiger partial charge in [-0.2, -0.15) is 5.10 Å². The molecule has 25 heavy (non-hydrogen) atoms. The topological polar surface area (TPSA) is 53.6 Å². The molecule has 0 saturated carbocycles. The minimum absolute atomic E-state index is 0.722. The molecule has 0 spiro atoms. The summed E-state index contributed by atoms with van der Waals surface area (Å²) in [5, 5.41) is 14.2. The van der Waals surface area contributed by atoms with E-state index in [2.05, 4.69) is 27.6 Å². The number of nitrogens with one attached hydrogen (secondary N) is 2. The SMILES string of the molecule is Cc1cc(Nc2cc3ccccc3c(Sc3ccccc3Cl)n2)n[nH]1. The van der Waals surface area contributed by atoms with E-state index >= 15 is 0 Å². The molecule has 2 heterocycles. The van der Waals surface area contributed by atoms with Crippen LogP contribution in [0, 0.1) is 6.92 Å². The van der Waals surface area contributed by atoms with Gasteiger partial charge in [-0.15, -0.1) is 0 Å². The van der Waals surface area contributed by atoms with E-state index in [4.69, 9.17) is 16.6 Å². The molecule has 0 unspecified atom stereocenters. The van der Waals surface area contributed by atoms with Crippen LogP contribution in [0.2, 0.25) is 5.02 Å². The lowest BCUT2D eigenvalue weighted by Crippen LogP contribution is -1.96. The largest absolute Gasteiger partial charge is 0.323 e. The number of nitrogens with zero attached hydrogens (tertiary/aromatic N) is 2. The maximum atomic E-state index is 6.32. The predicted molar refractivity (Wildman–Crippen MR) is 104 cm³/mol. The summed E-state index contributed by atoms with van der Waals surface area (Å²) in [5.74, 6) is 1.49. The third-order valence-electron chi connectivity index (χ3n) is 3.71. The van der Waals surface area contributed by atoms with Crippen molar-refractivity contribution in [2.75, 3.05) is 5.32 Å². The maximum Gasteiger partial charge on any atom is 0.153 e. The highest BCUT2D eigenvalue weighted by Crippen LogP contribution is 2.37. The zero-order chi connectivity index (χ0) is 17.2. The van der Waals surface area contributed by atoms with Gasteiger partial charge >= 0.3 is 0 Å². The summed E-state index contributed by atoms with van der Waals surface area (Å²) in [7, 11) is 0. The Bertz CT molecular complexity index is 1040. The van der Waals surface area contributed by atoms with E-state index in [0.29, 0.717) is 0 Å².